The first kappa shape index (κ1) is 17.7. The van der Waals surface area contributed by atoms with Crippen molar-refractivity contribution in [3.8, 4) is 11.8 Å². The van der Waals surface area contributed by atoms with E-state index in [1.165, 1.54) is 0 Å². The third kappa shape index (κ3) is 3.78. The zero-order valence-corrected chi connectivity index (χ0v) is 14.8. The Kier molecular flexibility index (Phi) is 5.26. The first-order valence-electron chi connectivity index (χ1n) is 8.75. The van der Waals surface area contributed by atoms with Crippen LogP contribution in [-0.2, 0) is 9.53 Å². The van der Waals surface area contributed by atoms with E-state index in [9.17, 15) is 4.79 Å². The summed E-state index contributed by atoms with van der Waals surface area (Å²) in [5, 5.41) is 12.1. The highest BCUT2D eigenvalue weighted by Gasteiger charge is 2.51. The fourth-order valence-electron chi connectivity index (χ4n) is 3.72. The Morgan fingerprint density at radius 3 is 2.80 bits per heavy atom. The van der Waals surface area contributed by atoms with Crippen LogP contribution in [0.5, 0.6) is 5.75 Å². The molecule has 3 rings (SSSR count). The number of nitriles is 1. The number of carbonyl (C=O) groups excluding carboxylic acids is 1. The van der Waals surface area contributed by atoms with Gasteiger partial charge in [-0.25, -0.2) is 0 Å². The Hall–Kier alpha value is -2.10. The van der Waals surface area contributed by atoms with Crippen molar-refractivity contribution in [2.24, 2.45) is 5.41 Å². The van der Waals surface area contributed by atoms with Crippen LogP contribution >= 0.6 is 0 Å². The van der Waals surface area contributed by atoms with E-state index in [2.05, 4.69) is 30.1 Å². The van der Waals surface area contributed by atoms with Crippen molar-refractivity contribution >= 4 is 5.91 Å². The summed E-state index contributed by atoms with van der Waals surface area (Å²) in [5.41, 5.74) is 0.462. The van der Waals surface area contributed by atoms with Gasteiger partial charge in [0.25, 0.3) is 5.91 Å². The summed E-state index contributed by atoms with van der Waals surface area (Å²) < 4.78 is 10.9. The Balaban J connectivity index is 1.49. The van der Waals surface area contributed by atoms with Gasteiger partial charge in [0.05, 0.1) is 18.8 Å². The number of benzene rings is 1. The van der Waals surface area contributed by atoms with Gasteiger partial charge in [0, 0.05) is 30.6 Å². The van der Waals surface area contributed by atoms with Gasteiger partial charge in [0.2, 0.25) is 0 Å². The van der Waals surface area contributed by atoms with Crippen LogP contribution in [-0.4, -0.2) is 55.8 Å². The van der Waals surface area contributed by atoms with Crippen LogP contribution in [0.3, 0.4) is 0 Å². The SMILES string of the molecule is CC1(C)C(NC(=O)COc2ccccc2C#N)CC1N1CCOCC1. The van der Waals surface area contributed by atoms with Crippen LogP contribution in [0, 0.1) is 16.7 Å². The van der Waals surface area contributed by atoms with Crippen LogP contribution in [0.2, 0.25) is 0 Å². The topological polar surface area (TPSA) is 74.6 Å². The molecule has 6 nitrogen and oxygen atoms in total. The van der Waals surface area contributed by atoms with Gasteiger partial charge in [0.1, 0.15) is 11.8 Å². The molecule has 2 atom stereocenters. The molecule has 1 saturated heterocycles. The molecule has 2 fully saturated rings. The predicted octanol–water partition coefficient (Wildman–Crippen LogP) is 1.55. The van der Waals surface area contributed by atoms with E-state index in [4.69, 9.17) is 14.7 Å². The maximum absolute atomic E-state index is 12.2. The number of nitrogens with one attached hydrogen (secondary N) is 1. The van der Waals surface area contributed by atoms with Gasteiger partial charge in [-0.15, -0.1) is 0 Å². The molecule has 0 bridgehead atoms. The lowest BCUT2D eigenvalue weighted by atomic mass is 9.62. The fourth-order valence-corrected chi connectivity index (χ4v) is 3.72. The highest BCUT2D eigenvalue weighted by Crippen LogP contribution is 2.44. The minimum absolute atomic E-state index is 0.0254. The molecule has 0 spiro atoms. The second kappa shape index (κ2) is 7.42. The van der Waals surface area contributed by atoms with Crippen LogP contribution < -0.4 is 10.1 Å². The smallest absolute Gasteiger partial charge is 0.258 e. The number of rotatable bonds is 5. The van der Waals surface area contributed by atoms with E-state index in [-0.39, 0.29) is 24.0 Å². The Morgan fingerprint density at radius 2 is 2.12 bits per heavy atom. The molecule has 1 heterocycles. The van der Waals surface area contributed by atoms with Crippen molar-refractivity contribution in [3.05, 3.63) is 29.8 Å². The number of amides is 1. The van der Waals surface area contributed by atoms with Gasteiger partial charge < -0.3 is 14.8 Å². The second-order valence-electron chi connectivity index (χ2n) is 7.24. The first-order chi connectivity index (χ1) is 12.0. The van der Waals surface area contributed by atoms with Gasteiger partial charge in [-0.3, -0.25) is 9.69 Å². The molecular weight excluding hydrogens is 318 g/mol. The molecule has 1 N–H and O–H groups in total. The van der Waals surface area contributed by atoms with Crippen molar-refractivity contribution in [2.45, 2.75) is 32.4 Å². The molecule has 1 aromatic rings. The second-order valence-corrected chi connectivity index (χ2v) is 7.24. The van der Waals surface area contributed by atoms with E-state index >= 15 is 0 Å². The molecule has 6 heteroatoms. The van der Waals surface area contributed by atoms with Gasteiger partial charge in [-0.2, -0.15) is 5.26 Å². The zero-order valence-electron chi connectivity index (χ0n) is 14.8. The number of morpholine rings is 1. The van der Waals surface area contributed by atoms with Gasteiger partial charge in [0.15, 0.2) is 6.61 Å². The largest absolute Gasteiger partial charge is 0.482 e. The number of hydrogen-bond donors (Lipinski definition) is 1. The van der Waals surface area contributed by atoms with Crippen molar-refractivity contribution in [3.63, 3.8) is 0 Å². The number of hydrogen-bond acceptors (Lipinski definition) is 5. The third-order valence-electron chi connectivity index (χ3n) is 5.40. The predicted molar refractivity (Wildman–Crippen MR) is 93.2 cm³/mol. The molecule has 2 unspecified atom stereocenters. The lowest BCUT2D eigenvalue weighted by Gasteiger charge is -2.57. The lowest BCUT2D eigenvalue weighted by molar-refractivity contribution is -0.130. The first-order valence-corrected chi connectivity index (χ1v) is 8.75. The van der Waals surface area contributed by atoms with Crippen molar-refractivity contribution < 1.29 is 14.3 Å². The molecular formula is C19H25N3O3. The molecule has 2 aliphatic rings. The standard InChI is InChI=1S/C19H25N3O3/c1-19(2)16(11-17(19)22-7-9-24-10-8-22)21-18(23)13-25-15-6-4-3-5-14(15)12-20/h3-6,16-17H,7-11,13H2,1-2H3,(H,21,23). The normalized spacial score (nSPS) is 25.5. The van der Waals surface area contributed by atoms with Crippen LogP contribution in [0.1, 0.15) is 25.8 Å². The van der Waals surface area contributed by atoms with E-state index in [0.717, 1.165) is 32.7 Å². The molecule has 25 heavy (non-hydrogen) atoms. The molecule has 1 aromatic carbocycles. The number of nitrogens with zero attached hydrogens (tertiary/aromatic N) is 2. The van der Waals surface area contributed by atoms with Gasteiger partial charge in [-0.1, -0.05) is 26.0 Å². The summed E-state index contributed by atoms with van der Waals surface area (Å²) in [7, 11) is 0. The Bertz CT molecular complexity index is 662. The monoisotopic (exact) mass is 343 g/mol. The van der Waals surface area contributed by atoms with Crippen molar-refractivity contribution in [2.75, 3.05) is 32.9 Å². The Labute approximate surface area is 148 Å². The van der Waals surface area contributed by atoms with E-state index in [1.54, 1.807) is 24.3 Å². The van der Waals surface area contributed by atoms with Gasteiger partial charge in [-0.05, 0) is 18.6 Å². The average Bonchev–Trinajstić information content (AvgIpc) is 2.64. The summed E-state index contributed by atoms with van der Waals surface area (Å²) in [5.74, 6) is 0.297. The molecule has 0 radical (unpaired) electrons. The quantitative estimate of drug-likeness (QED) is 0.878. The summed E-state index contributed by atoms with van der Waals surface area (Å²) in [6.45, 7) is 7.82. The molecule has 1 aliphatic carbocycles. The molecule has 1 saturated carbocycles. The Morgan fingerprint density at radius 1 is 1.40 bits per heavy atom. The van der Waals surface area contributed by atoms with Crippen LogP contribution in [0.15, 0.2) is 24.3 Å². The van der Waals surface area contributed by atoms with E-state index < -0.39 is 0 Å². The maximum Gasteiger partial charge on any atom is 0.258 e. The lowest BCUT2D eigenvalue weighted by Crippen LogP contribution is -2.68. The average molecular weight is 343 g/mol. The maximum atomic E-state index is 12.2. The van der Waals surface area contributed by atoms with Crippen molar-refractivity contribution in [1.82, 2.24) is 10.2 Å². The van der Waals surface area contributed by atoms with Crippen LogP contribution in [0.4, 0.5) is 0 Å². The van der Waals surface area contributed by atoms with Gasteiger partial charge >= 0.3 is 0 Å². The van der Waals surface area contributed by atoms with Crippen LogP contribution in [0.25, 0.3) is 0 Å². The highest BCUT2D eigenvalue weighted by molar-refractivity contribution is 5.78. The number of carbonyl (C=O) groups is 1. The zero-order chi connectivity index (χ0) is 17.9. The summed E-state index contributed by atoms with van der Waals surface area (Å²) >= 11 is 0. The number of ether oxygens (including phenoxy) is 2. The molecule has 0 aromatic heterocycles. The molecule has 134 valence electrons. The highest BCUT2D eigenvalue weighted by atomic mass is 16.5. The van der Waals surface area contributed by atoms with Crippen molar-refractivity contribution in [1.29, 1.82) is 5.26 Å². The third-order valence-corrected chi connectivity index (χ3v) is 5.40. The number of para-hydroxylation sites is 1. The van der Waals surface area contributed by atoms with E-state index in [1.807, 2.05) is 0 Å². The molecule has 1 aliphatic heterocycles. The molecule has 1 amide bonds. The minimum atomic E-state index is -0.147. The minimum Gasteiger partial charge on any atom is -0.482 e. The van der Waals surface area contributed by atoms with E-state index in [0.29, 0.717) is 17.4 Å². The summed E-state index contributed by atoms with van der Waals surface area (Å²) in [6.07, 6.45) is 0.952. The fraction of sp³-hybridized carbons (Fsp3) is 0.579. The summed E-state index contributed by atoms with van der Waals surface area (Å²) in [6, 6.07) is 9.62. The summed E-state index contributed by atoms with van der Waals surface area (Å²) in [4.78, 5) is 14.7.